The second kappa shape index (κ2) is 5.37. The molecule has 1 aliphatic carbocycles. The fourth-order valence-electron chi connectivity index (χ4n) is 3.01. The minimum absolute atomic E-state index is 0.143. The van der Waals surface area contributed by atoms with E-state index in [4.69, 9.17) is 0 Å². The van der Waals surface area contributed by atoms with E-state index in [1.807, 2.05) is 24.3 Å². The third-order valence-electron chi connectivity index (χ3n) is 4.49. The number of anilines is 1. The van der Waals surface area contributed by atoms with E-state index in [2.05, 4.69) is 22.4 Å². The van der Waals surface area contributed by atoms with E-state index >= 15 is 0 Å². The quantitative estimate of drug-likeness (QED) is 0.901. The number of nitrogens with zero attached hydrogens (tertiary/aromatic N) is 2. The lowest BCUT2D eigenvalue weighted by Crippen LogP contribution is -2.45. The van der Waals surface area contributed by atoms with Gasteiger partial charge in [-0.2, -0.15) is 5.10 Å². The molecule has 4 nitrogen and oxygen atoms in total. The first kappa shape index (κ1) is 13.3. The van der Waals surface area contributed by atoms with Crippen LogP contribution in [0.2, 0.25) is 0 Å². The Balaban J connectivity index is 1.91. The molecule has 1 fully saturated rings. The topological polar surface area (TPSA) is 58.0 Å². The summed E-state index contributed by atoms with van der Waals surface area (Å²) >= 11 is 0. The number of rotatable bonds is 3. The van der Waals surface area contributed by atoms with Crippen LogP contribution in [-0.4, -0.2) is 27.4 Å². The van der Waals surface area contributed by atoms with Crippen LogP contribution in [0.1, 0.15) is 32.6 Å². The van der Waals surface area contributed by atoms with Crippen LogP contribution in [-0.2, 0) is 0 Å². The molecule has 1 heterocycles. The lowest BCUT2D eigenvalue weighted by Gasteiger charge is -2.39. The number of nitrogens with one attached hydrogen (secondary N) is 1. The third kappa shape index (κ3) is 2.48. The maximum absolute atomic E-state index is 9.85. The van der Waals surface area contributed by atoms with E-state index < -0.39 is 0 Å². The lowest BCUT2D eigenvalue weighted by molar-refractivity contribution is 0.155. The third-order valence-corrected chi connectivity index (χ3v) is 4.49. The summed E-state index contributed by atoms with van der Waals surface area (Å²) in [6, 6.07) is 8.08. The summed E-state index contributed by atoms with van der Waals surface area (Å²) in [6.45, 7) is 2.42. The monoisotopic (exact) mass is 271 g/mol. The molecule has 20 heavy (non-hydrogen) atoms. The number of aromatic nitrogens is 2. The minimum atomic E-state index is -0.245. The van der Waals surface area contributed by atoms with Gasteiger partial charge in [0.15, 0.2) is 5.82 Å². The van der Waals surface area contributed by atoms with Crippen LogP contribution in [0.3, 0.4) is 0 Å². The molecule has 1 saturated carbocycles. The fourth-order valence-corrected chi connectivity index (χ4v) is 3.01. The molecule has 0 saturated heterocycles. The van der Waals surface area contributed by atoms with E-state index in [9.17, 15) is 5.11 Å². The average Bonchev–Trinajstić information content (AvgIpc) is 2.50. The number of benzene rings is 1. The van der Waals surface area contributed by atoms with Crippen molar-refractivity contribution in [3.63, 3.8) is 0 Å². The number of hydrogen-bond acceptors (Lipinski definition) is 4. The Kier molecular flexibility index (Phi) is 3.57. The van der Waals surface area contributed by atoms with Gasteiger partial charge in [0, 0.05) is 10.8 Å². The number of fused-ring (bicyclic) bond motifs is 1. The SMILES string of the molecule is CC1CCC(CO)(Nc2nncc3ccccc23)CC1. The van der Waals surface area contributed by atoms with Crippen molar-refractivity contribution in [2.75, 3.05) is 11.9 Å². The molecule has 0 spiro atoms. The Labute approximate surface area is 119 Å². The van der Waals surface area contributed by atoms with Crippen molar-refractivity contribution in [2.24, 2.45) is 5.92 Å². The van der Waals surface area contributed by atoms with E-state index in [1.165, 1.54) is 0 Å². The zero-order valence-corrected chi connectivity index (χ0v) is 11.8. The van der Waals surface area contributed by atoms with Crippen molar-refractivity contribution in [1.82, 2.24) is 10.2 Å². The van der Waals surface area contributed by atoms with Crippen molar-refractivity contribution < 1.29 is 5.11 Å². The molecular weight excluding hydrogens is 250 g/mol. The van der Waals surface area contributed by atoms with Crippen molar-refractivity contribution in [2.45, 2.75) is 38.1 Å². The zero-order valence-electron chi connectivity index (χ0n) is 11.8. The maximum Gasteiger partial charge on any atom is 0.157 e. The van der Waals surface area contributed by atoms with Gasteiger partial charge in [0.05, 0.1) is 18.3 Å². The lowest BCUT2D eigenvalue weighted by atomic mass is 9.77. The van der Waals surface area contributed by atoms with Crippen molar-refractivity contribution >= 4 is 16.6 Å². The largest absolute Gasteiger partial charge is 0.394 e. The Hall–Kier alpha value is -1.68. The predicted octanol–water partition coefficient (Wildman–Crippen LogP) is 2.98. The summed E-state index contributed by atoms with van der Waals surface area (Å²) in [4.78, 5) is 0. The Bertz CT molecular complexity index is 586. The van der Waals surface area contributed by atoms with Gasteiger partial charge in [-0.1, -0.05) is 31.2 Å². The van der Waals surface area contributed by atoms with Crippen molar-refractivity contribution in [3.05, 3.63) is 30.5 Å². The van der Waals surface area contributed by atoms with Crippen molar-refractivity contribution in [3.8, 4) is 0 Å². The van der Waals surface area contributed by atoms with Crippen LogP contribution in [0.15, 0.2) is 30.5 Å². The molecule has 1 aromatic heterocycles. The van der Waals surface area contributed by atoms with Crippen LogP contribution in [0.5, 0.6) is 0 Å². The molecule has 0 radical (unpaired) electrons. The van der Waals surface area contributed by atoms with Gasteiger partial charge in [-0.25, -0.2) is 0 Å². The van der Waals surface area contributed by atoms with Crippen LogP contribution < -0.4 is 5.32 Å². The van der Waals surface area contributed by atoms with E-state index in [0.717, 1.165) is 48.2 Å². The van der Waals surface area contributed by atoms with Gasteiger partial charge in [0.1, 0.15) is 0 Å². The highest BCUT2D eigenvalue weighted by molar-refractivity contribution is 5.91. The molecule has 0 atom stereocenters. The predicted molar refractivity (Wildman–Crippen MR) is 80.6 cm³/mol. The molecule has 4 heteroatoms. The average molecular weight is 271 g/mol. The molecule has 2 aromatic rings. The van der Waals surface area contributed by atoms with Gasteiger partial charge in [0.25, 0.3) is 0 Å². The first-order valence-electron chi connectivity index (χ1n) is 7.32. The molecule has 3 rings (SSSR count). The zero-order chi connectivity index (χ0) is 14.0. The van der Waals surface area contributed by atoms with Crippen LogP contribution in [0, 0.1) is 5.92 Å². The minimum Gasteiger partial charge on any atom is -0.394 e. The Morgan fingerprint density at radius 2 is 2.05 bits per heavy atom. The van der Waals surface area contributed by atoms with E-state index in [0.29, 0.717) is 0 Å². The summed E-state index contributed by atoms with van der Waals surface area (Å²) in [7, 11) is 0. The summed E-state index contributed by atoms with van der Waals surface area (Å²) in [5.74, 6) is 1.53. The van der Waals surface area contributed by atoms with Crippen LogP contribution in [0.4, 0.5) is 5.82 Å². The highest BCUT2D eigenvalue weighted by Gasteiger charge is 2.34. The van der Waals surface area contributed by atoms with Crippen molar-refractivity contribution in [1.29, 1.82) is 0 Å². The fraction of sp³-hybridized carbons (Fsp3) is 0.500. The smallest absolute Gasteiger partial charge is 0.157 e. The van der Waals surface area contributed by atoms with E-state index in [1.54, 1.807) is 6.20 Å². The van der Waals surface area contributed by atoms with Gasteiger partial charge < -0.3 is 10.4 Å². The van der Waals surface area contributed by atoms with Gasteiger partial charge in [-0.05, 0) is 31.6 Å². The second-order valence-electron chi connectivity index (χ2n) is 6.03. The van der Waals surface area contributed by atoms with Gasteiger partial charge in [-0.15, -0.1) is 5.10 Å². The molecule has 2 N–H and O–H groups in total. The number of hydrogen-bond donors (Lipinski definition) is 2. The molecule has 0 unspecified atom stereocenters. The Morgan fingerprint density at radius 1 is 1.30 bits per heavy atom. The summed E-state index contributed by atoms with van der Waals surface area (Å²) < 4.78 is 0. The van der Waals surface area contributed by atoms with E-state index in [-0.39, 0.29) is 12.1 Å². The molecule has 1 aliphatic rings. The molecule has 106 valence electrons. The summed E-state index contributed by atoms with van der Waals surface area (Å²) in [5, 5.41) is 23.8. The highest BCUT2D eigenvalue weighted by atomic mass is 16.3. The molecule has 0 aliphatic heterocycles. The Morgan fingerprint density at radius 3 is 2.80 bits per heavy atom. The summed E-state index contributed by atoms with van der Waals surface area (Å²) in [5.41, 5.74) is -0.245. The molecule has 1 aromatic carbocycles. The van der Waals surface area contributed by atoms with Crippen LogP contribution >= 0.6 is 0 Å². The van der Waals surface area contributed by atoms with Gasteiger partial charge in [-0.3, -0.25) is 0 Å². The maximum atomic E-state index is 9.85. The summed E-state index contributed by atoms with van der Waals surface area (Å²) in [6.07, 6.45) is 6.03. The molecule has 0 bridgehead atoms. The first-order valence-corrected chi connectivity index (χ1v) is 7.32. The highest BCUT2D eigenvalue weighted by Crippen LogP contribution is 2.35. The first-order chi connectivity index (χ1) is 9.72. The number of aliphatic hydroxyl groups is 1. The molecule has 0 amide bonds. The normalized spacial score (nSPS) is 26.6. The number of aliphatic hydroxyl groups excluding tert-OH is 1. The second-order valence-corrected chi connectivity index (χ2v) is 6.03. The van der Waals surface area contributed by atoms with Gasteiger partial charge in [0.2, 0.25) is 0 Å². The van der Waals surface area contributed by atoms with Crippen LogP contribution in [0.25, 0.3) is 10.8 Å². The van der Waals surface area contributed by atoms with Gasteiger partial charge >= 0.3 is 0 Å². The molecular formula is C16H21N3O. The standard InChI is InChI=1S/C16H21N3O/c1-12-6-8-16(11-20,9-7-12)18-15-14-5-3-2-4-13(14)10-17-19-15/h2-5,10,12,20H,6-9,11H2,1H3,(H,18,19).